The average molecular weight is 462 g/mol. The summed E-state index contributed by atoms with van der Waals surface area (Å²) < 4.78 is 4.64. The molecule has 188 valence electrons. The van der Waals surface area contributed by atoms with Gasteiger partial charge in [0.15, 0.2) is 0 Å². The molecule has 5 heteroatoms. The molecule has 4 aliphatic carbocycles. The van der Waals surface area contributed by atoms with E-state index in [2.05, 4.69) is 23.9 Å². The molecular formula is C28H47NO4. The summed E-state index contributed by atoms with van der Waals surface area (Å²) in [5, 5.41) is 14.3. The third-order valence-corrected chi connectivity index (χ3v) is 10.9. The highest BCUT2D eigenvalue weighted by Gasteiger charge is 2.61. The fourth-order valence-corrected chi connectivity index (χ4v) is 9.00. The fourth-order valence-electron chi connectivity index (χ4n) is 9.00. The lowest BCUT2D eigenvalue weighted by Crippen LogP contribution is -2.57. The number of methoxy groups -OCH3 is 1. The molecule has 0 aromatic heterocycles. The first-order valence-electron chi connectivity index (χ1n) is 13.8. The minimum Gasteiger partial charge on any atom is -0.469 e. The molecule has 1 amide bonds. The molecular weight excluding hydrogens is 414 g/mol. The van der Waals surface area contributed by atoms with Gasteiger partial charge in [-0.3, -0.25) is 9.59 Å². The highest BCUT2D eigenvalue weighted by atomic mass is 16.5. The monoisotopic (exact) mass is 461 g/mol. The van der Waals surface area contributed by atoms with Gasteiger partial charge in [0.25, 0.3) is 0 Å². The number of ether oxygens (including phenoxy) is 1. The van der Waals surface area contributed by atoms with Crippen LogP contribution in [0.2, 0.25) is 0 Å². The van der Waals surface area contributed by atoms with Crippen LogP contribution in [0.15, 0.2) is 0 Å². The predicted octanol–water partition coefficient (Wildman–Crippen LogP) is 5.25. The second-order valence-electron chi connectivity index (χ2n) is 12.3. The Bertz CT molecular complexity index is 710. The minimum absolute atomic E-state index is 0.0993. The summed E-state index contributed by atoms with van der Waals surface area (Å²) in [5.41, 5.74) is 0.782. The zero-order valence-corrected chi connectivity index (χ0v) is 21.2. The van der Waals surface area contributed by atoms with Crippen molar-refractivity contribution in [1.82, 2.24) is 5.32 Å². The van der Waals surface area contributed by atoms with Gasteiger partial charge in [-0.2, -0.15) is 0 Å². The molecule has 4 saturated carbocycles. The molecule has 4 fully saturated rings. The Morgan fingerprint density at radius 1 is 0.970 bits per heavy atom. The van der Waals surface area contributed by atoms with Gasteiger partial charge in [0, 0.05) is 19.4 Å². The van der Waals surface area contributed by atoms with Crippen molar-refractivity contribution in [2.45, 2.75) is 110 Å². The molecule has 8 atom stereocenters. The Morgan fingerprint density at radius 3 is 2.55 bits per heavy atom. The van der Waals surface area contributed by atoms with E-state index in [1.807, 2.05) is 0 Å². The number of aliphatic hydroxyl groups is 1. The number of carbonyl (C=O) groups excluding carboxylic acids is 2. The molecule has 0 saturated heterocycles. The first-order valence-corrected chi connectivity index (χ1v) is 13.8. The highest BCUT2D eigenvalue weighted by molar-refractivity contribution is 5.75. The Hall–Kier alpha value is -1.10. The summed E-state index contributed by atoms with van der Waals surface area (Å²) in [7, 11) is 1.39. The van der Waals surface area contributed by atoms with Crippen LogP contribution in [0.4, 0.5) is 0 Å². The molecule has 0 bridgehead atoms. The van der Waals surface area contributed by atoms with Gasteiger partial charge in [-0.1, -0.05) is 26.7 Å². The van der Waals surface area contributed by atoms with Crippen LogP contribution in [0.25, 0.3) is 0 Å². The van der Waals surface area contributed by atoms with E-state index < -0.39 is 0 Å². The Kier molecular flexibility index (Phi) is 7.77. The molecule has 2 N–H and O–H groups in total. The smallest absolute Gasteiger partial charge is 0.305 e. The summed E-state index contributed by atoms with van der Waals surface area (Å²) >= 11 is 0. The van der Waals surface area contributed by atoms with Crippen molar-refractivity contribution in [2.24, 2.45) is 40.4 Å². The molecule has 0 aromatic rings. The zero-order chi connectivity index (χ0) is 23.6. The second-order valence-corrected chi connectivity index (χ2v) is 12.3. The maximum absolute atomic E-state index is 12.2. The number of hydrogen-bond acceptors (Lipinski definition) is 4. The van der Waals surface area contributed by atoms with E-state index in [1.165, 1.54) is 58.5 Å². The number of amides is 1. The number of hydrogen-bond donors (Lipinski definition) is 2. The molecule has 8 unspecified atom stereocenters. The molecule has 33 heavy (non-hydrogen) atoms. The number of esters is 1. The Morgan fingerprint density at radius 2 is 1.76 bits per heavy atom. The summed E-state index contributed by atoms with van der Waals surface area (Å²) in [6.45, 7) is 5.62. The summed E-state index contributed by atoms with van der Waals surface area (Å²) in [5.74, 6) is 3.14. The lowest BCUT2D eigenvalue weighted by molar-refractivity contribution is -0.162. The van der Waals surface area contributed by atoms with Crippen LogP contribution in [0.5, 0.6) is 0 Å². The van der Waals surface area contributed by atoms with E-state index in [0.29, 0.717) is 60.3 Å². The second kappa shape index (κ2) is 10.3. The first-order chi connectivity index (χ1) is 15.8. The van der Waals surface area contributed by atoms with E-state index in [-0.39, 0.29) is 18.0 Å². The Labute approximate surface area is 200 Å². The largest absolute Gasteiger partial charge is 0.469 e. The topological polar surface area (TPSA) is 75.6 Å². The van der Waals surface area contributed by atoms with Gasteiger partial charge in [0.05, 0.1) is 13.2 Å². The van der Waals surface area contributed by atoms with Crippen LogP contribution in [-0.4, -0.2) is 36.7 Å². The maximum atomic E-state index is 12.2. The average Bonchev–Trinajstić information content (AvgIpc) is 3.13. The van der Waals surface area contributed by atoms with Gasteiger partial charge >= 0.3 is 5.97 Å². The normalized spacial score (nSPS) is 42.1. The predicted molar refractivity (Wildman–Crippen MR) is 129 cm³/mol. The van der Waals surface area contributed by atoms with Crippen molar-refractivity contribution >= 4 is 11.9 Å². The molecule has 5 nitrogen and oxygen atoms in total. The molecule has 0 heterocycles. The van der Waals surface area contributed by atoms with Crippen LogP contribution in [0.1, 0.15) is 104 Å². The lowest BCUT2D eigenvalue weighted by atomic mass is 9.44. The SMILES string of the molecule is COC(=O)CCCNC(=O)CCCC1CCC2C3C(O)CC4CCCCC4(C)C3CCC12C. The van der Waals surface area contributed by atoms with Crippen molar-refractivity contribution in [3.8, 4) is 0 Å². The van der Waals surface area contributed by atoms with Crippen molar-refractivity contribution < 1.29 is 19.4 Å². The lowest BCUT2D eigenvalue weighted by Gasteiger charge is -2.62. The highest BCUT2D eigenvalue weighted by Crippen LogP contribution is 2.67. The Balaban J connectivity index is 1.29. The van der Waals surface area contributed by atoms with Crippen molar-refractivity contribution in [3.05, 3.63) is 0 Å². The minimum atomic E-state index is -0.223. The van der Waals surface area contributed by atoms with Crippen molar-refractivity contribution in [3.63, 3.8) is 0 Å². The van der Waals surface area contributed by atoms with Gasteiger partial charge in [-0.15, -0.1) is 0 Å². The summed E-state index contributed by atoms with van der Waals surface area (Å²) in [6.07, 6.45) is 15.1. The molecule has 0 aromatic carbocycles. The van der Waals surface area contributed by atoms with Crippen LogP contribution < -0.4 is 5.32 Å². The maximum Gasteiger partial charge on any atom is 0.305 e. The quantitative estimate of drug-likeness (QED) is 0.383. The number of rotatable bonds is 8. The van der Waals surface area contributed by atoms with Gasteiger partial charge in [0.2, 0.25) is 5.91 Å². The number of fused-ring (bicyclic) bond motifs is 5. The van der Waals surface area contributed by atoms with Crippen LogP contribution in [0, 0.1) is 40.4 Å². The number of carbonyl (C=O) groups is 2. The van der Waals surface area contributed by atoms with E-state index >= 15 is 0 Å². The summed E-state index contributed by atoms with van der Waals surface area (Å²) in [4.78, 5) is 23.4. The molecule has 4 aliphatic rings. The number of nitrogens with one attached hydrogen (secondary N) is 1. The van der Waals surface area contributed by atoms with E-state index in [0.717, 1.165) is 25.2 Å². The van der Waals surface area contributed by atoms with Gasteiger partial charge in [-0.05, 0) is 105 Å². The zero-order valence-electron chi connectivity index (χ0n) is 21.2. The number of aliphatic hydroxyl groups excluding tert-OH is 1. The van der Waals surface area contributed by atoms with Crippen LogP contribution >= 0.6 is 0 Å². The third-order valence-electron chi connectivity index (χ3n) is 10.9. The molecule has 0 aliphatic heterocycles. The standard InChI is InChI=1S/C28H47NO4/c1-27-15-5-4-8-20(27)18-23(30)26-21-13-12-19(28(21,2)16-14-22(26)27)9-6-10-24(31)29-17-7-11-25(32)33-3/h19-23,26,30H,4-18H2,1-3H3,(H,29,31). The van der Waals surface area contributed by atoms with Gasteiger partial charge in [0.1, 0.15) is 0 Å². The molecule has 0 radical (unpaired) electrons. The van der Waals surface area contributed by atoms with Crippen LogP contribution in [0.3, 0.4) is 0 Å². The summed E-state index contributed by atoms with van der Waals surface area (Å²) in [6, 6.07) is 0. The third kappa shape index (κ3) is 4.86. The van der Waals surface area contributed by atoms with E-state index in [4.69, 9.17) is 0 Å². The van der Waals surface area contributed by atoms with Crippen molar-refractivity contribution in [2.75, 3.05) is 13.7 Å². The molecule has 4 rings (SSSR count). The first kappa shape index (κ1) is 25.0. The van der Waals surface area contributed by atoms with Gasteiger partial charge < -0.3 is 15.2 Å². The molecule has 0 spiro atoms. The fraction of sp³-hybridized carbons (Fsp3) is 0.929. The van der Waals surface area contributed by atoms with E-state index in [1.54, 1.807) is 0 Å². The van der Waals surface area contributed by atoms with Crippen molar-refractivity contribution in [1.29, 1.82) is 0 Å². The van der Waals surface area contributed by atoms with Gasteiger partial charge in [-0.25, -0.2) is 0 Å². The van der Waals surface area contributed by atoms with Crippen LogP contribution in [-0.2, 0) is 14.3 Å². The van der Waals surface area contributed by atoms with E-state index in [9.17, 15) is 14.7 Å².